The van der Waals surface area contributed by atoms with Gasteiger partial charge in [0.05, 0.1) is 19.0 Å². The predicted octanol–water partition coefficient (Wildman–Crippen LogP) is 4.41. The fraction of sp³-hybridized carbons (Fsp3) is 0.273. The van der Waals surface area contributed by atoms with Crippen molar-refractivity contribution in [1.29, 1.82) is 0 Å². The molecule has 4 rings (SSSR count). The van der Waals surface area contributed by atoms with Crippen molar-refractivity contribution in [3.05, 3.63) is 48.7 Å². The van der Waals surface area contributed by atoms with Gasteiger partial charge in [-0.05, 0) is 12.5 Å². The summed E-state index contributed by atoms with van der Waals surface area (Å²) in [6.45, 7) is -1.27. The Morgan fingerprint density at radius 3 is 2.56 bits per heavy atom. The van der Waals surface area contributed by atoms with Crippen molar-refractivity contribution in [2.45, 2.75) is 26.4 Å². The van der Waals surface area contributed by atoms with E-state index in [9.17, 15) is 13.6 Å². The average Bonchev–Trinajstić information content (AvgIpc) is 3.38. The fourth-order valence-electron chi connectivity index (χ4n) is 3.51. The number of pyridine rings is 1. The highest BCUT2D eigenvalue weighted by Gasteiger charge is 2.23. The van der Waals surface area contributed by atoms with Crippen molar-refractivity contribution >= 4 is 16.9 Å². The minimum atomic E-state index is -3.09. The molecular weight excluding hydrogens is 420 g/mol. The Morgan fingerprint density at radius 2 is 1.91 bits per heavy atom. The van der Waals surface area contributed by atoms with Crippen molar-refractivity contribution in [2.75, 3.05) is 7.11 Å². The van der Waals surface area contributed by atoms with Gasteiger partial charge >= 0.3 is 6.61 Å². The number of rotatable bonds is 8. The molecule has 0 saturated heterocycles. The normalized spacial score (nSPS) is 11.3. The van der Waals surface area contributed by atoms with Gasteiger partial charge in [-0.15, -0.1) is 0 Å². The highest BCUT2D eigenvalue weighted by Crippen LogP contribution is 2.35. The number of hydrogen-bond donors (Lipinski definition) is 0. The maximum Gasteiger partial charge on any atom is 0.387 e. The lowest BCUT2D eigenvalue weighted by molar-refractivity contribution is -0.0502. The molecule has 32 heavy (non-hydrogen) atoms. The van der Waals surface area contributed by atoms with Gasteiger partial charge in [-0.3, -0.25) is 14.0 Å². The highest BCUT2D eigenvalue weighted by molar-refractivity contribution is 6.01. The summed E-state index contributed by atoms with van der Waals surface area (Å²) in [5.41, 5.74) is 3.27. The molecule has 0 unspecified atom stereocenters. The van der Waals surface area contributed by atoms with Gasteiger partial charge in [-0.1, -0.05) is 6.92 Å². The lowest BCUT2D eigenvalue weighted by atomic mass is 10.0. The number of ether oxygens (including phenoxy) is 2. The fourth-order valence-corrected chi connectivity index (χ4v) is 3.51. The number of Topliss-reactive ketones (excluding diaryl/α,β-unsaturated/α-hetero) is 1. The molecule has 3 aromatic heterocycles. The average molecular weight is 441 g/mol. The monoisotopic (exact) mass is 441 g/mol. The van der Waals surface area contributed by atoms with Crippen LogP contribution in [-0.4, -0.2) is 43.8 Å². The van der Waals surface area contributed by atoms with Crippen LogP contribution >= 0.6 is 0 Å². The molecule has 0 fully saturated rings. The molecule has 0 bridgehead atoms. The summed E-state index contributed by atoms with van der Waals surface area (Å²) in [4.78, 5) is 21.5. The maximum absolute atomic E-state index is 13.1. The number of aryl methyl sites for hydroxylation is 1. The lowest BCUT2D eigenvalue weighted by Gasteiger charge is -2.16. The van der Waals surface area contributed by atoms with E-state index in [1.54, 1.807) is 27.7 Å². The first-order chi connectivity index (χ1) is 15.4. The second-order valence-corrected chi connectivity index (χ2v) is 7.16. The van der Waals surface area contributed by atoms with Crippen LogP contribution in [0.1, 0.15) is 30.1 Å². The molecule has 0 atom stereocenters. The van der Waals surface area contributed by atoms with Crippen molar-refractivity contribution in [3.8, 4) is 28.3 Å². The molecule has 166 valence electrons. The van der Waals surface area contributed by atoms with Crippen LogP contribution in [0, 0.1) is 0 Å². The highest BCUT2D eigenvalue weighted by atomic mass is 19.3. The van der Waals surface area contributed by atoms with E-state index in [0.29, 0.717) is 23.3 Å². The standard InChI is InChI=1S/C22H21F2N5O3/c1-4-5-17(30)20-18(31-3)7-15(8-19(20)32-22(23)24)29-12-26-16-6-13(9-25-21(16)29)14-10-27-28(2)11-14/h6-12,22H,4-5H2,1-3H3. The second kappa shape index (κ2) is 8.74. The van der Waals surface area contributed by atoms with Crippen LogP contribution in [0.5, 0.6) is 11.5 Å². The molecule has 0 aliphatic heterocycles. The van der Waals surface area contributed by atoms with E-state index in [4.69, 9.17) is 4.74 Å². The van der Waals surface area contributed by atoms with E-state index < -0.39 is 6.61 Å². The third kappa shape index (κ3) is 4.03. The third-order valence-corrected chi connectivity index (χ3v) is 4.95. The number of benzene rings is 1. The summed E-state index contributed by atoms with van der Waals surface area (Å²) >= 11 is 0. The number of nitrogens with zero attached hydrogens (tertiary/aromatic N) is 5. The summed E-state index contributed by atoms with van der Waals surface area (Å²) in [6, 6.07) is 4.82. The van der Waals surface area contributed by atoms with Gasteiger partial charge in [-0.25, -0.2) is 9.97 Å². The van der Waals surface area contributed by atoms with Crippen LogP contribution < -0.4 is 9.47 Å². The number of imidazole rings is 1. The van der Waals surface area contributed by atoms with E-state index in [1.165, 1.54) is 19.5 Å². The van der Waals surface area contributed by atoms with Gasteiger partial charge in [-0.2, -0.15) is 13.9 Å². The molecule has 0 spiro atoms. The number of fused-ring (bicyclic) bond motifs is 1. The molecule has 0 saturated carbocycles. The number of aromatic nitrogens is 5. The van der Waals surface area contributed by atoms with Crippen molar-refractivity contribution in [2.24, 2.45) is 7.05 Å². The molecule has 10 heteroatoms. The number of hydrogen-bond acceptors (Lipinski definition) is 6. The predicted molar refractivity (Wildman–Crippen MR) is 113 cm³/mol. The number of ketones is 1. The van der Waals surface area contributed by atoms with Gasteiger partial charge in [0.1, 0.15) is 28.9 Å². The molecule has 3 heterocycles. The SMILES string of the molecule is CCCC(=O)c1c(OC)cc(-n2cnc3cc(-c4cnn(C)c4)cnc32)cc1OC(F)F. The first-order valence-corrected chi connectivity index (χ1v) is 9.93. The van der Waals surface area contributed by atoms with E-state index in [0.717, 1.165) is 11.1 Å². The number of alkyl halides is 2. The first kappa shape index (κ1) is 21.4. The Balaban J connectivity index is 1.82. The topological polar surface area (TPSA) is 84.1 Å². The summed E-state index contributed by atoms with van der Waals surface area (Å²) in [7, 11) is 3.20. The number of halogens is 2. The maximum atomic E-state index is 13.1. The second-order valence-electron chi connectivity index (χ2n) is 7.16. The molecule has 0 aliphatic carbocycles. The lowest BCUT2D eigenvalue weighted by Crippen LogP contribution is -2.11. The van der Waals surface area contributed by atoms with Gasteiger partial charge in [0.25, 0.3) is 0 Å². The number of carbonyl (C=O) groups excluding carboxylic acids is 1. The summed E-state index contributed by atoms with van der Waals surface area (Å²) < 4.78 is 39.6. The van der Waals surface area contributed by atoms with Crippen molar-refractivity contribution < 1.29 is 23.0 Å². The minimum Gasteiger partial charge on any atom is -0.496 e. The minimum absolute atomic E-state index is 0.00496. The smallest absolute Gasteiger partial charge is 0.387 e. The summed E-state index contributed by atoms with van der Waals surface area (Å²) in [6.07, 6.45) is 7.55. The Labute approximate surface area is 182 Å². The van der Waals surface area contributed by atoms with Crippen LogP contribution in [0.2, 0.25) is 0 Å². The zero-order valence-electron chi connectivity index (χ0n) is 17.7. The van der Waals surface area contributed by atoms with Crippen LogP contribution in [0.15, 0.2) is 43.1 Å². The molecule has 8 nitrogen and oxygen atoms in total. The largest absolute Gasteiger partial charge is 0.496 e. The molecule has 1 aromatic carbocycles. The summed E-state index contributed by atoms with van der Waals surface area (Å²) in [5.74, 6) is -0.437. The van der Waals surface area contributed by atoms with E-state index in [-0.39, 0.29) is 29.3 Å². The zero-order chi connectivity index (χ0) is 22.8. The van der Waals surface area contributed by atoms with Crippen LogP contribution in [-0.2, 0) is 7.05 Å². The molecule has 4 aromatic rings. The number of methoxy groups -OCH3 is 1. The van der Waals surface area contributed by atoms with Crippen LogP contribution in [0.25, 0.3) is 28.0 Å². The Kier molecular flexibility index (Phi) is 5.85. The molecular formula is C22H21F2N5O3. The molecule has 0 aliphatic rings. The molecule has 0 N–H and O–H groups in total. The zero-order valence-corrected chi connectivity index (χ0v) is 17.7. The van der Waals surface area contributed by atoms with E-state index in [2.05, 4.69) is 19.8 Å². The molecule has 0 amide bonds. The van der Waals surface area contributed by atoms with Gasteiger partial charge in [0.2, 0.25) is 0 Å². The van der Waals surface area contributed by atoms with Gasteiger partial charge in [0.15, 0.2) is 11.4 Å². The quantitative estimate of drug-likeness (QED) is 0.377. The third-order valence-electron chi connectivity index (χ3n) is 4.95. The van der Waals surface area contributed by atoms with Crippen LogP contribution in [0.3, 0.4) is 0 Å². The number of carbonyl (C=O) groups is 1. The first-order valence-electron chi connectivity index (χ1n) is 9.93. The van der Waals surface area contributed by atoms with Gasteiger partial charge in [0, 0.05) is 49.1 Å². The Morgan fingerprint density at radius 1 is 1.12 bits per heavy atom. The van der Waals surface area contributed by atoms with Crippen molar-refractivity contribution in [1.82, 2.24) is 24.3 Å². The molecule has 0 radical (unpaired) electrons. The summed E-state index contributed by atoms with van der Waals surface area (Å²) in [5, 5.41) is 4.16. The van der Waals surface area contributed by atoms with E-state index in [1.807, 2.05) is 26.2 Å². The Bertz CT molecular complexity index is 1280. The Hall–Kier alpha value is -3.82. The van der Waals surface area contributed by atoms with Crippen molar-refractivity contribution in [3.63, 3.8) is 0 Å². The van der Waals surface area contributed by atoms with Crippen LogP contribution in [0.4, 0.5) is 8.78 Å². The van der Waals surface area contributed by atoms with Gasteiger partial charge < -0.3 is 9.47 Å². The van der Waals surface area contributed by atoms with E-state index >= 15 is 0 Å².